The first-order chi connectivity index (χ1) is 7.59. The molecule has 2 fully saturated rings. The fourth-order valence-corrected chi connectivity index (χ4v) is 4.13. The number of hydrogen-bond acceptors (Lipinski definition) is 1. The second-order valence-corrected chi connectivity index (χ2v) is 7.97. The van der Waals surface area contributed by atoms with Crippen molar-refractivity contribution in [2.24, 2.45) is 22.7 Å². The van der Waals surface area contributed by atoms with Gasteiger partial charge in [0.1, 0.15) is 5.78 Å². The molecule has 0 heterocycles. The van der Waals surface area contributed by atoms with Crippen molar-refractivity contribution < 1.29 is 33.3 Å². The minimum atomic E-state index is -0.0345. The Kier molecular flexibility index (Phi) is 4.31. The van der Waals surface area contributed by atoms with Gasteiger partial charge in [-0.1, -0.05) is 20.8 Å². The van der Waals surface area contributed by atoms with E-state index in [1.54, 1.807) is 0 Å². The second kappa shape index (κ2) is 4.72. The summed E-state index contributed by atoms with van der Waals surface area (Å²) in [6, 6.07) is 0. The first-order valence-electron chi connectivity index (χ1n) is 6.94. The molecule has 2 aliphatic rings. The number of fused-ring (bicyclic) bond motifs is 2. The van der Waals surface area contributed by atoms with E-state index in [1.807, 2.05) is 0 Å². The van der Waals surface area contributed by atoms with Gasteiger partial charge >= 0.3 is 0 Å². The summed E-state index contributed by atoms with van der Waals surface area (Å²) in [5, 5.41) is 0. The maximum atomic E-state index is 12.6. The predicted octanol–water partition coefficient (Wildman–Crippen LogP) is -0.272. The Balaban J connectivity index is 0.00000162. The Morgan fingerprint density at radius 3 is 2.17 bits per heavy atom. The highest BCUT2D eigenvalue weighted by Gasteiger charge is 2.65. The molecular weight excluding hydrogens is 337 g/mol. The van der Waals surface area contributed by atoms with E-state index in [-0.39, 0.29) is 34.8 Å². The number of carbonyl (C=O) groups excluding carboxylic acids is 1. The highest BCUT2D eigenvalue weighted by atomic mass is 127. The summed E-state index contributed by atoms with van der Waals surface area (Å²) in [7, 11) is 6.64. The zero-order valence-electron chi connectivity index (χ0n) is 12.7. The third-order valence-electron chi connectivity index (χ3n) is 5.78. The largest absolute Gasteiger partial charge is 1.00 e. The Morgan fingerprint density at radius 1 is 1.22 bits per heavy atom. The van der Waals surface area contributed by atoms with Gasteiger partial charge < -0.3 is 28.5 Å². The summed E-state index contributed by atoms with van der Waals surface area (Å²) in [5.41, 5.74) is 0.187. The lowest BCUT2D eigenvalue weighted by Gasteiger charge is -2.32. The Labute approximate surface area is 129 Å². The van der Waals surface area contributed by atoms with Crippen LogP contribution in [-0.4, -0.2) is 38.0 Å². The summed E-state index contributed by atoms with van der Waals surface area (Å²) in [5.74, 6) is 1.53. The molecule has 0 aromatic heterocycles. The van der Waals surface area contributed by atoms with Crippen LogP contribution in [0.15, 0.2) is 0 Å². The van der Waals surface area contributed by atoms with Crippen molar-refractivity contribution in [3.63, 3.8) is 0 Å². The second-order valence-electron chi connectivity index (χ2n) is 7.97. The zero-order valence-corrected chi connectivity index (χ0v) is 14.9. The molecule has 0 aromatic rings. The lowest BCUT2D eigenvalue weighted by atomic mass is 9.70. The Morgan fingerprint density at radius 2 is 1.78 bits per heavy atom. The molecule has 0 aromatic carbocycles. The number of carbonyl (C=O) groups is 1. The van der Waals surface area contributed by atoms with Crippen molar-refractivity contribution in [3.05, 3.63) is 0 Å². The molecule has 0 N–H and O–H groups in total. The molecule has 18 heavy (non-hydrogen) atoms. The van der Waals surface area contributed by atoms with Gasteiger partial charge in [0.2, 0.25) is 0 Å². The van der Waals surface area contributed by atoms with E-state index in [4.69, 9.17) is 0 Å². The minimum absolute atomic E-state index is 0. The molecule has 2 rings (SSSR count). The summed E-state index contributed by atoms with van der Waals surface area (Å²) in [6.45, 7) is 7.95. The van der Waals surface area contributed by atoms with Gasteiger partial charge in [-0.15, -0.1) is 0 Å². The van der Waals surface area contributed by atoms with Crippen molar-refractivity contribution in [1.82, 2.24) is 0 Å². The number of hydrogen-bond donors (Lipinski definition) is 0. The Hall–Kier alpha value is 0.360. The van der Waals surface area contributed by atoms with Crippen LogP contribution >= 0.6 is 0 Å². The predicted molar refractivity (Wildman–Crippen MR) is 70.6 cm³/mol. The van der Waals surface area contributed by atoms with Crippen molar-refractivity contribution in [3.8, 4) is 0 Å². The van der Waals surface area contributed by atoms with Gasteiger partial charge in [0.15, 0.2) is 0 Å². The van der Waals surface area contributed by atoms with Crippen LogP contribution in [0.25, 0.3) is 0 Å². The molecule has 2 nitrogen and oxygen atoms in total. The maximum absolute atomic E-state index is 12.6. The molecule has 106 valence electrons. The summed E-state index contributed by atoms with van der Waals surface area (Å²) >= 11 is 0. The molecule has 3 heteroatoms. The maximum Gasteiger partial charge on any atom is 0.142 e. The van der Waals surface area contributed by atoms with Gasteiger partial charge in [-0.25, -0.2) is 0 Å². The van der Waals surface area contributed by atoms with E-state index in [0.29, 0.717) is 17.6 Å². The number of halogens is 1. The molecule has 0 amide bonds. The van der Waals surface area contributed by atoms with Crippen LogP contribution in [0.1, 0.15) is 40.0 Å². The average molecular weight is 365 g/mol. The Bertz CT molecular complexity index is 345. The average Bonchev–Trinajstić information content (AvgIpc) is 2.46. The fourth-order valence-electron chi connectivity index (χ4n) is 4.13. The number of Topliss-reactive ketones (excluding diaryl/α,β-unsaturated/α-hetero) is 1. The quantitative estimate of drug-likeness (QED) is 0.497. The molecule has 0 aliphatic heterocycles. The summed E-state index contributed by atoms with van der Waals surface area (Å²) < 4.78 is 0.966. The number of quaternary nitrogens is 1. The number of ketones is 1. The van der Waals surface area contributed by atoms with Crippen LogP contribution in [0.2, 0.25) is 0 Å². The van der Waals surface area contributed by atoms with Crippen LogP contribution < -0.4 is 24.0 Å². The molecule has 0 saturated heterocycles. The van der Waals surface area contributed by atoms with E-state index < -0.39 is 0 Å². The highest BCUT2D eigenvalue weighted by Crippen LogP contribution is 2.66. The van der Waals surface area contributed by atoms with Crippen molar-refractivity contribution in [2.75, 3.05) is 27.7 Å². The monoisotopic (exact) mass is 365 g/mol. The van der Waals surface area contributed by atoms with Gasteiger partial charge in [0.05, 0.1) is 27.7 Å². The van der Waals surface area contributed by atoms with Gasteiger partial charge in [-0.2, -0.15) is 0 Å². The van der Waals surface area contributed by atoms with E-state index in [2.05, 4.69) is 41.9 Å². The summed E-state index contributed by atoms with van der Waals surface area (Å²) in [4.78, 5) is 12.6. The zero-order chi connectivity index (χ0) is 13.1. The third kappa shape index (κ3) is 2.26. The smallest absolute Gasteiger partial charge is 0.142 e. The van der Waals surface area contributed by atoms with Crippen molar-refractivity contribution >= 4 is 5.78 Å². The lowest BCUT2D eigenvalue weighted by Crippen LogP contribution is -3.00. The minimum Gasteiger partial charge on any atom is -1.00 e. The highest BCUT2D eigenvalue weighted by molar-refractivity contribution is 5.91. The van der Waals surface area contributed by atoms with Crippen molar-refractivity contribution in [2.45, 2.75) is 40.0 Å². The normalized spacial score (nSPS) is 37.8. The number of nitrogens with zero attached hydrogens (tertiary/aromatic N) is 1. The molecule has 0 radical (unpaired) electrons. The van der Waals surface area contributed by atoms with Gasteiger partial charge in [0, 0.05) is 17.8 Å². The van der Waals surface area contributed by atoms with E-state index in [0.717, 1.165) is 23.9 Å². The fraction of sp³-hybridized carbons (Fsp3) is 0.933. The lowest BCUT2D eigenvalue weighted by molar-refractivity contribution is -0.870. The van der Waals surface area contributed by atoms with Crippen LogP contribution in [0.5, 0.6) is 0 Å². The molecule has 3 atom stereocenters. The van der Waals surface area contributed by atoms with Gasteiger partial charge in [0.25, 0.3) is 0 Å². The van der Waals surface area contributed by atoms with E-state index in [9.17, 15) is 4.79 Å². The van der Waals surface area contributed by atoms with Crippen LogP contribution in [0.3, 0.4) is 0 Å². The first-order valence-corrected chi connectivity index (χ1v) is 6.94. The third-order valence-corrected chi connectivity index (χ3v) is 5.78. The van der Waals surface area contributed by atoms with Crippen molar-refractivity contribution in [1.29, 1.82) is 0 Å². The molecule has 2 aliphatic carbocycles. The summed E-state index contributed by atoms with van der Waals surface area (Å²) in [6.07, 6.45) is 3.45. The standard InChI is InChI=1S/C15H28NO.HI/c1-14(2)12-7-9-15(14,3)13(17)11(12)8-10-16(4,5)6;/h11-12H,7-10H2,1-6H3;1H/q+1;/p-1/t11?,12?,15-;/m0./s1. The first kappa shape index (κ1) is 16.4. The van der Waals surface area contributed by atoms with Crippen LogP contribution in [0.4, 0.5) is 0 Å². The molecular formula is C15H28INO. The van der Waals surface area contributed by atoms with Gasteiger partial charge in [-0.05, 0) is 24.2 Å². The molecule has 2 saturated carbocycles. The molecule has 2 bridgehead atoms. The number of rotatable bonds is 3. The topological polar surface area (TPSA) is 17.1 Å². The van der Waals surface area contributed by atoms with E-state index in [1.165, 1.54) is 6.42 Å². The van der Waals surface area contributed by atoms with Crippen LogP contribution in [0, 0.1) is 22.7 Å². The molecule has 0 spiro atoms. The van der Waals surface area contributed by atoms with Gasteiger partial charge in [-0.3, -0.25) is 4.79 Å². The molecule has 2 unspecified atom stereocenters. The van der Waals surface area contributed by atoms with Crippen LogP contribution in [-0.2, 0) is 4.79 Å². The van der Waals surface area contributed by atoms with E-state index >= 15 is 0 Å². The SMILES string of the molecule is CC1(C)C2CC[C@@]1(C)C(=O)C2CC[N+](C)(C)C.[I-].